The van der Waals surface area contributed by atoms with E-state index in [9.17, 15) is 14.7 Å². The number of rotatable bonds is 2. The van der Waals surface area contributed by atoms with Gasteiger partial charge in [-0.25, -0.2) is 9.78 Å². The summed E-state index contributed by atoms with van der Waals surface area (Å²) in [5.74, 6) is 0.0651. The summed E-state index contributed by atoms with van der Waals surface area (Å²) in [5.41, 5.74) is 2.59. The van der Waals surface area contributed by atoms with Crippen LogP contribution in [0.15, 0.2) is 29.1 Å². The molecule has 1 N–H and O–H groups in total. The molecule has 2 aliphatic rings. The number of hydrogen-bond acceptors (Lipinski definition) is 6. The Labute approximate surface area is 166 Å². The molecule has 148 valence electrons. The maximum Gasteiger partial charge on any atom is 0.343 e. The van der Waals surface area contributed by atoms with Gasteiger partial charge in [-0.2, -0.15) is 0 Å². The predicted octanol–water partition coefficient (Wildman–Crippen LogP) is 2.40. The highest BCUT2D eigenvalue weighted by atomic mass is 16.6. The lowest BCUT2D eigenvalue weighted by molar-refractivity contribution is -0.172. The lowest BCUT2D eigenvalue weighted by Gasteiger charge is -2.31. The zero-order chi connectivity index (χ0) is 20.5. The molecule has 3 aromatic rings. The van der Waals surface area contributed by atoms with Crippen molar-refractivity contribution in [3.63, 3.8) is 0 Å². The van der Waals surface area contributed by atoms with E-state index < -0.39 is 11.6 Å². The van der Waals surface area contributed by atoms with Gasteiger partial charge < -0.3 is 19.1 Å². The molecule has 1 aromatic carbocycles. The third-order valence-corrected chi connectivity index (χ3v) is 6.13. The van der Waals surface area contributed by atoms with E-state index in [0.29, 0.717) is 29.1 Å². The predicted molar refractivity (Wildman–Crippen MR) is 106 cm³/mol. The number of cyclic esters (lactones) is 1. The fourth-order valence-corrected chi connectivity index (χ4v) is 4.40. The van der Waals surface area contributed by atoms with E-state index in [0.717, 1.165) is 27.8 Å². The molecule has 0 unspecified atom stereocenters. The molecular formula is C22H20N2O5. The van der Waals surface area contributed by atoms with Crippen molar-refractivity contribution < 1.29 is 19.4 Å². The van der Waals surface area contributed by atoms with E-state index in [-0.39, 0.29) is 18.6 Å². The molecule has 1 atom stereocenters. The van der Waals surface area contributed by atoms with E-state index in [2.05, 4.69) is 0 Å². The first kappa shape index (κ1) is 17.9. The molecule has 7 heteroatoms. The number of pyridine rings is 2. The van der Waals surface area contributed by atoms with Gasteiger partial charge in [-0.1, -0.05) is 6.92 Å². The first-order valence-corrected chi connectivity index (χ1v) is 9.53. The molecule has 0 radical (unpaired) electrons. The summed E-state index contributed by atoms with van der Waals surface area (Å²) < 4.78 is 12.1. The minimum atomic E-state index is -1.81. The van der Waals surface area contributed by atoms with Gasteiger partial charge in [-0.15, -0.1) is 0 Å². The van der Waals surface area contributed by atoms with Crippen molar-refractivity contribution in [1.82, 2.24) is 9.55 Å². The molecule has 0 bridgehead atoms. The van der Waals surface area contributed by atoms with Crippen LogP contribution < -0.4 is 10.3 Å². The van der Waals surface area contributed by atoms with Crippen LogP contribution in [-0.2, 0) is 28.3 Å². The zero-order valence-electron chi connectivity index (χ0n) is 16.4. The normalized spacial score (nSPS) is 19.5. The summed E-state index contributed by atoms with van der Waals surface area (Å²) in [6.07, 6.45) is 0.124. The third kappa shape index (κ3) is 2.25. The Balaban J connectivity index is 1.78. The lowest BCUT2D eigenvalue weighted by atomic mass is 9.86. The van der Waals surface area contributed by atoms with E-state index in [1.165, 1.54) is 0 Å². The fourth-order valence-electron chi connectivity index (χ4n) is 4.40. The highest BCUT2D eigenvalue weighted by Gasteiger charge is 2.45. The number of aryl methyl sites for hydroxylation is 1. The Morgan fingerprint density at radius 1 is 1.31 bits per heavy atom. The van der Waals surface area contributed by atoms with Crippen molar-refractivity contribution in [1.29, 1.82) is 0 Å². The van der Waals surface area contributed by atoms with Crippen LogP contribution in [-0.4, -0.2) is 27.7 Å². The summed E-state index contributed by atoms with van der Waals surface area (Å²) in [6, 6.07) is 7.52. The van der Waals surface area contributed by atoms with Crippen LogP contribution in [0.25, 0.3) is 22.3 Å². The summed E-state index contributed by atoms with van der Waals surface area (Å²) in [4.78, 5) is 30.2. The number of aromatic nitrogens is 2. The van der Waals surface area contributed by atoms with Gasteiger partial charge in [0.2, 0.25) is 0 Å². The molecule has 0 amide bonds. The number of aliphatic hydroxyl groups is 1. The second-order valence-corrected chi connectivity index (χ2v) is 7.56. The van der Waals surface area contributed by atoms with Gasteiger partial charge in [0, 0.05) is 22.1 Å². The lowest BCUT2D eigenvalue weighted by Crippen LogP contribution is -2.44. The number of carbonyl (C=O) groups excluding carboxylic acids is 1. The van der Waals surface area contributed by atoms with Crippen LogP contribution >= 0.6 is 0 Å². The van der Waals surface area contributed by atoms with E-state index in [1.807, 2.05) is 25.1 Å². The smallest absolute Gasteiger partial charge is 0.343 e. The first-order chi connectivity index (χ1) is 13.9. The Hall–Kier alpha value is -3.19. The summed E-state index contributed by atoms with van der Waals surface area (Å²) in [6.45, 7) is 3.93. The Bertz CT molecular complexity index is 1280. The van der Waals surface area contributed by atoms with Gasteiger partial charge in [0.05, 0.1) is 36.1 Å². The SMILES string of the molecule is CC[C@@]1(O)C(=O)OCc2c1cc1n(c2=O)Cc2cc3c(C)c(OC)ccc3nc2-1. The van der Waals surface area contributed by atoms with Crippen molar-refractivity contribution in [3.05, 3.63) is 56.9 Å². The van der Waals surface area contributed by atoms with Crippen molar-refractivity contribution in [2.75, 3.05) is 7.11 Å². The van der Waals surface area contributed by atoms with E-state index >= 15 is 0 Å². The van der Waals surface area contributed by atoms with Crippen LogP contribution in [0.4, 0.5) is 0 Å². The molecule has 0 saturated carbocycles. The maximum atomic E-state index is 13.2. The van der Waals surface area contributed by atoms with Crippen molar-refractivity contribution in [3.8, 4) is 17.1 Å². The number of ether oxygens (including phenoxy) is 2. The average molecular weight is 392 g/mol. The molecule has 0 fully saturated rings. The highest BCUT2D eigenvalue weighted by molar-refractivity contribution is 5.89. The Kier molecular flexibility index (Phi) is 3.64. The van der Waals surface area contributed by atoms with Gasteiger partial charge in [0.15, 0.2) is 5.60 Å². The number of esters is 1. The average Bonchev–Trinajstić information content (AvgIpc) is 3.08. The van der Waals surface area contributed by atoms with Crippen molar-refractivity contribution in [2.24, 2.45) is 0 Å². The van der Waals surface area contributed by atoms with Crippen molar-refractivity contribution in [2.45, 2.75) is 39.0 Å². The van der Waals surface area contributed by atoms with E-state index in [4.69, 9.17) is 14.5 Å². The van der Waals surface area contributed by atoms with Crippen LogP contribution in [0.2, 0.25) is 0 Å². The van der Waals surface area contributed by atoms with Crippen LogP contribution in [0, 0.1) is 6.92 Å². The zero-order valence-corrected chi connectivity index (χ0v) is 16.4. The van der Waals surface area contributed by atoms with Crippen LogP contribution in [0.5, 0.6) is 5.75 Å². The first-order valence-electron chi connectivity index (χ1n) is 9.53. The number of benzene rings is 1. The second-order valence-electron chi connectivity index (χ2n) is 7.56. The molecule has 7 nitrogen and oxygen atoms in total. The van der Waals surface area contributed by atoms with Crippen LogP contribution in [0.3, 0.4) is 0 Å². The largest absolute Gasteiger partial charge is 0.496 e. The van der Waals surface area contributed by atoms with Gasteiger partial charge in [0.1, 0.15) is 12.4 Å². The minimum absolute atomic E-state index is 0.124. The molecule has 0 spiro atoms. The molecule has 4 heterocycles. The molecule has 0 saturated heterocycles. The summed E-state index contributed by atoms with van der Waals surface area (Å²) in [7, 11) is 1.63. The van der Waals surface area contributed by atoms with Gasteiger partial charge in [0.25, 0.3) is 5.56 Å². The standard InChI is InChI=1S/C22H20N2O5/c1-4-22(27)15-8-17-19-12(9-24(17)20(25)14(15)10-29-21(22)26)7-13-11(2)18(28-3)6-5-16(13)23-19/h5-8,27H,4,9-10H2,1-3H3/t22-/m0/s1. The highest BCUT2D eigenvalue weighted by Crippen LogP contribution is 2.39. The van der Waals surface area contributed by atoms with Crippen molar-refractivity contribution >= 4 is 16.9 Å². The number of carbonyl (C=O) groups is 1. The Morgan fingerprint density at radius 2 is 2.10 bits per heavy atom. The number of methoxy groups -OCH3 is 1. The van der Waals surface area contributed by atoms with E-state index in [1.54, 1.807) is 24.7 Å². The Morgan fingerprint density at radius 3 is 2.83 bits per heavy atom. The summed E-state index contributed by atoms with van der Waals surface area (Å²) >= 11 is 0. The van der Waals surface area contributed by atoms with Crippen LogP contribution in [0.1, 0.15) is 35.6 Å². The molecule has 29 heavy (non-hydrogen) atoms. The molecule has 2 aromatic heterocycles. The number of nitrogens with zero attached hydrogens (tertiary/aromatic N) is 2. The molecular weight excluding hydrogens is 372 g/mol. The van der Waals surface area contributed by atoms with Gasteiger partial charge >= 0.3 is 5.97 Å². The quantitative estimate of drug-likeness (QED) is 0.527. The number of hydrogen-bond donors (Lipinski definition) is 1. The maximum absolute atomic E-state index is 13.2. The van der Waals surface area contributed by atoms with Gasteiger partial charge in [-0.05, 0) is 37.6 Å². The molecule has 5 rings (SSSR count). The molecule has 0 aliphatic carbocycles. The van der Waals surface area contributed by atoms with Gasteiger partial charge in [-0.3, -0.25) is 4.79 Å². The monoisotopic (exact) mass is 392 g/mol. The molecule has 2 aliphatic heterocycles. The fraction of sp³-hybridized carbons (Fsp3) is 0.318. The minimum Gasteiger partial charge on any atom is -0.496 e. The second kappa shape index (κ2) is 5.90. The third-order valence-electron chi connectivity index (χ3n) is 6.13. The topological polar surface area (TPSA) is 90.7 Å². The number of fused-ring (bicyclic) bond motifs is 5. The summed E-state index contributed by atoms with van der Waals surface area (Å²) in [5, 5.41) is 11.9.